The lowest BCUT2D eigenvalue weighted by atomic mass is 9.96. The molecule has 1 saturated carbocycles. The number of thiophene rings is 1. The third kappa shape index (κ3) is 3.35. The zero-order valence-corrected chi connectivity index (χ0v) is 13.0. The van der Waals surface area contributed by atoms with Crippen molar-refractivity contribution in [3.8, 4) is 0 Å². The summed E-state index contributed by atoms with van der Waals surface area (Å²) in [7, 11) is 0. The van der Waals surface area contributed by atoms with Crippen LogP contribution in [-0.4, -0.2) is 17.7 Å². The third-order valence-corrected chi connectivity index (χ3v) is 4.96. The van der Waals surface area contributed by atoms with Crippen molar-refractivity contribution in [2.24, 2.45) is 5.92 Å². The molecule has 1 aliphatic rings. The van der Waals surface area contributed by atoms with E-state index in [4.69, 9.17) is 0 Å². The van der Waals surface area contributed by atoms with Crippen molar-refractivity contribution in [3.05, 3.63) is 52.2 Å². The number of nitrogens with one attached hydrogen (secondary N) is 2. The maximum Gasteiger partial charge on any atom is 0.319 e. The van der Waals surface area contributed by atoms with Crippen LogP contribution in [0.15, 0.2) is 35.7 Å². The van der Waals surface area contributed by atoms with Crippen LogP contribution >= 0.6 is 11.3 Å². The monoisotopic (exact) mass is 338 g/mol. The number of hydrogen-bond donors (Lipinski definition) is 3. The van der Waals surface area contributed by atoms with Crippen LogP contribution in [0, 0.1) is 17.6 Å². The van der Waals surface area contributed by atoms with Crippen molar-refractivity contribution in [1.29, 1.82) is 0 Å². The Kier molecular flexibility index (Phi) is 4.32. The minimum absolute atomic E-state index is 0.0138. The molecular weight excluding hydrogens is 322 g/mol. The molecule has 1 aromatic heterocycles. The van der Waals surface area contributed by atoms with Gasteiger partial charge in [0, 0.05) is 4.88 Å². The summed E-state index contributed by atoms with van der Waals surface area (Å²) in [6.07, 6.45) is 1.78. The van der Waals surface area contributed by atoms with Gasteiger partial charge in [-0.1, -0.05) is 12.1 Å². The molecule has 7 heteroatoms. The van der Waals surface area contributed by atoms with Gasteiger partial charge in [-0.2, -0.15) is 0 Å². The first-order valence-corrected chi connectivity index (χ1v) is 8.14. The number of aliphatic hydroxyl groups is 1. The van der Waals surface area contributed by atoms with Gasteiger partial charge in [0.2, 0.25) is 0 Å². The number of halogens is 2. The maximum absolute atomic E-state index is 13.5. The molecule has 3 rings (SSSR count). The first-order chi connectivity index (χ1) is 11.0. The fourth-order valence-electron chi connectivity index (χ4n) is 2.51. The van der Waals surface area contributed by atoms with Crippen LogP contribution < -0.4 is 10.6 Å². The molecule has 122 valence electrons. The van der Waals surface area contributed by atoms with Crippen molar-refractivity contribution < 1.29 is 18.7 Å². The van der Waals surface area contributed by atoms with E-state index in [0.717, 1.165) is 29.9 Å². The van der Waals surface area contributed by atoms with Crippen molar-refractivity contribution in [2.45, 2.75) is 18.4 Å². The van der Waals surface area contributed by atoms with Gasteiger partial charge in [-0.05, 0) is 42.3 Å². The lowest BCUT2D eigenvalue weighted by Crippen LogP contribution is -2.43. The zero-order valence-electron chi connectivity index (χ0n) is 12.2. The van der Waals surface area contributed by atoms with Crippen molar-refractivity contribution in [1.82, 2.24) is 5.32 Å². The van der Waals surface area contributed by atoms with Crippen molar-refractivity contribution >= 4 is 23.1 Å². The summed E-state index contributed by atoms with van der Waals surface area (Å²) in [5.41, 5.74) is -1.64. The van der Waals surface area contributed by atoms with Crippen LogP contribution in [0.25, 0.3) is 0 Å². The summed E-state index contributed by atoms with van der Waals surface area (Å²) in [5.74, 6) is -1.61. The largest absolute Gasteiger partial charge is 0.382 e. The van der Waals surface area contributed by atoms with E-state index in [2.05, 4.69) is 10.6 Å². The number of carbonyl (C=O) groups is 1. The van der Waals surface area contributed by atoms with Crippen molar-refractivity contribution in [3.63, 3.8) is 0 Å². The number of urea groups is 1. The summed E-state index contributed by atoms with van der Waals surface area (Å²) < 4.78 is 27.0. The molecule has 1 aromatic carbocycles. The standard InChI is InChI=1S/C16H16F2N2O2S/c17-11-3-1-4-12(18)14(11)20-15(21)19-9-16(22,10-6-7-10)13-5-2-8-23-13/h1-5,8,10,22H,6-7,9H2,(H2,19,20,21)/t16-/m0/s1. The second-order valence-corrected chi connectivity index (χ2v) is 6.53. The molecule has 1 aliphatic carbocycles. The highest BCUT2D eigenvalue weighted by Gasteiger charge is 2.46. The minimum Gasteiger partial charge on any atom is -0.382 e. The van der Waals surface area contributed by atoms with Gasteiger partial charge in [0.1, 0.15) is 22.9 Å². The predicted octanol–water partition coefficient (Wildman–Crippen LogP) is 3.45. The highest BCUT2D eigenvalue weighted by Crippen LogP contribution is 2.46. The molecule has 1 atom stereocenters. The maximum atomic E-state index is 13.5. The second kappa shape index (κ2) is 6.25. The Bertz CT molecular complexity index is 684. The summed E-state index contributed by atoms with van der Waals surface area (Å²) in [5, 5.41) is 17.4. The summed E-state index contributed by atoms with van der Waals surface area (Å²) in [6.45, 7) is -0.0138. The molecule has 0 aliphatic heterocycles. The van der Waals surface area contributed by atoms with Crippen LogP contribution in [-0.2, 0) is 5.60 Å². The minimum atomic E-state index is -1.14. The lowest BCUT2D eigenvalue weighted by Gasteiger charge is -2.27. The fraction of sp³-hybridized carbons (Fsp3) is 0.312. The summed E-state index contributed by atoms with van der Waals surface area (Å²) >= 11 is 1.42. The number of carbonyl (C=O) groups excluding carboxylic acids is 1. The predicted molar refractivity (Wildman–Crippen MR) is 84.3 cm³/mol. The van der Waals surface area contributed by atoms with Crippen LogP contribution in [0.4, 0.5) is 19.3 Å². The number of benzene rings is 1. The highest BCUT2D eigenvalue weighted by molar-refractivity contribution is 7.10. The van der Waals surface area contributed by atoms with Crippen LogP contribution in [0.3, 0.4) is 0 Å². The van der Waals surface area contributed by atoms with E-state index in [1.165, 1.54) is 17.4 Å². The highest BCUT2D eigenvalue weighted by atomic mass is 32.1. The fourth-order valence-corrected chi connectivity index (χ4v) is 3.41. The Labute approximate surface area is 136 Å². The molecule has 3 N–H and O–H groups in total. The second-order valence-electron chi connectivity index (χ2n) is 5.58. The lowest BCUT2D eigenvalue weighted by molar-refractivity contribution is 0.0200. The zero-order chi connectivity index (χ0) is 16.4. The van der Waals surface area contributed by atoms with Gasteiger partial charge >= 0.3 is 6.03 Å². The van der Waals surface area contributed by atoms with Crippen LogP contribution in [0.1, 0.15) is 17.7 Å². The van der Waals surface area contributed by atoms with Crippen molar-refractivity contribution in [2.75, 3.05) is 11.9 Å². The molecular formula is C16H16F2N2O2S. The SMILES string of the molecule is O=C(NC[C@@](O)(c1cccs1)C1CC1)Nc1c(F)cccc1F. The van der Waals surface area contributed by atoms with Crippen LogP contribution in [0.5, 0.6) is 0 Å². The molecule has 0 saturated heterocycles. The van der Waals surface area contributed by atoms with Gasteiger partial charge in [0.15, 0.2) is 0 Å². The summed E-state index contributed by atoms with van der Waals surface area (Å²) in [6, 6.07) is 6.23. The van der Waals surface area contributed by atoms with E-state index >= 15 is 0 Å². The number of para-hydroxylation sites is 1. The normalized spacial score (nSPS) is 16.7. The molecule has 4 nitrogen and oxygen atoms in total. The Morgan fingerprint density at radius 1 is 1.26 bits per heavy atom. The van der Waals surface area contributed by atoms with E-state index < -0.39 is 29.0 Å². The molecule has 2 amide bonds. The number of amides is 2. The van der Waals surface area contributed by atoms with E-state index in [0.29, 0.717) is 0 Å². The van der Waals surface area contributed by atoms with Crippen LogP contribution in [0.2, 0.25) is 0 Å². The Morgan fingerprint density at radius 2 is 1.96 bits per heavy atom. The van der Waals surface area contributed by atoms with E-state index in [1.807, 2.05) is 17.5 Å². The van der Waals surface area contributed by atoms with Gasteiger partial charge < -0.3 is 15.7 Å². The molecule has 2 aromatic rings. The van der Waals surface area contributed by atoms with Gasteiger partial charge in [0.25, 0.3) is 0 Å². The molecule has 0 bridgehead atoms. The molecule has 0 radical (unpaired) electrons. The number of rotatable bonds is 5. The van der Waals surface area contributed by atoms with E-state index in [9.17, 15) is 18.7 Å². The van der Waals surface area contributed by atoms with Gasteiger partial charge in [-0.3, -0.25) is 0 Å². The smallest absolute Gasteiger partial charge is 0.319 e. The van der Waals surface area contributed by atoms with E-state index in [-0.39, 0.29) is 12.5 Å². The van der Waals surface area contributed by atoms with Gasteiger partial charge in [0.05, 0.1) is 6.54 Å². The Balaban J connectivity index is 1.66. The Morgan fingerprint density at radius 3 is 2.52 bits per heavy atom. The molecule has 0 unspecified atom stereocenters. The van der Waals surface area contributed by atoms with Gasteiger partial charge in [-0.25, -0.2) is 13.6 Å². The van der Waals surface area contributed by atoms with Gasteiger partial charge in [-0.15, -0.1) is 11.3 Å². The number of hydrogen-bond acceptors (Lipinski definition) is 3. The quantitative estimate of drug-likeness (QED) is 0.782. The Hall–Kier alpha value is -1.99. The molecule has 0 spiro atoms. The topological polar surface area (TPSA) is 61.4 Å². The molecule has 1 heterocycles. The average molecular weight is 338 g/mol. The summed E-state index contributed by atoms with van der Waals surface area (Å²) in [4.78, 5) is 12.7. The number of anilines is 1. The first kappa shape index (κ1) is 15.9. The molecule has 23 heavy (non-hydrogen) atoms. The third-order valence-electron chi connectivity index (χ3n) is 3.92. The molecule has 1 fully saturated rings. The average Bonchev–Trinajstić information content (AvgIpc) is 3.24. The first-order valence-electron chi connectivity index (χ1n) is 7.26. The van der Waals surface area contributed by atoms with E-state index in [1.54, 1.807) is 0 Å².